The van der Waals surface area contributed by atoms with E-state index in [4.69, 9.17) is 4.74 Å². The number of likely N-dealkylation sites (tertiary alicyclic amines) is 1. The molecule has 0 aromatic rings. The predicted octanol–water partition coefficient (Wildman–Crippen LogP) is 0.458. The number of hydrogen-bond donors (Lipinski definition) is 2. The second-order valence-corrected chi connectivity index (χ2v) is 5.02. The fourth-order valence-electron chi connectivity index (χ4n) is 2.17. The Balaban J connectivity index is 2.16. The van der Waals surface area contributed by atoms with E-state index in [2.05, 4.69) is 17.1 Å². The minimum Gasteiger partial charge on any atom is -0.394 e. The summed E-state index contributed by atoms with van der Waals surface area (Å²) >= 11 is 0. The van der Waals surface area contributed by atoms with Gasteiger partial charge in [0, 0.05) is 25.7 Å². The fourth-order valence-corrected chi connectivity index (χ4v) is 2.17. The van der Waals surface area contributed by atoms with Gasteiger partial charge in [-0.1, -0.05) is 0 Å². The molecule has 2 atom stereocenters. The smallest absolute Gasteiger partial charge is 0.0710 e. The van der Waals surface area contributed by atoms with E-state index in [1.165, 1.54) is 0 Å². The Morgan fingerprint density at radius 2 is 2.31 bits per heavy atom. The van der Waals surface area contributed by atoms with Crippen molar-refractivity contribution in [1.29, 1.82) is 0 Å². The molecule has 2 unspecified atom stereocenters. The molecule has 0 saturated carbocycles. The van der Waals surface area contributed by atoms with E-state index in [9.17, 15) is 5.11 Å². The molecule has 0 amide bonds. The molecule has 0 bridgehead atoms. The third-order valence-electron chi connectivity index (χ3n) is 3.72. The van der Waals surface area contributed by atoms with E-state index in [-0.39, 0.29) is 12.1 Å². The van der Waals surface area contributed by atoms with Crippen LogP contribution in [0.5, 0.6) is 0 Å². The monoisotopic (exact) mass is 230 g/mol. The van der Waals surface area contributed by atoms with Crippen LogP contribution in [0.2, 0.25) is 0 Å². The number of rotatable bonds is 7. The van der Waals surface area contributed by atoms with Crippen molar-refractivity contribution >= 4 is 0 Å². The van der Waals surface area contributed by atoms with Crippen LogP contribution in [0.25, 0.3) is 0 Å². The van der Waals surface area contributed by atoms with Gasteiger partial charge in [0.2, 0.25) is 0 Å². The van der Waals surface area contributed by atoms with Gasteiger partial charge in [-0.3, -0.25) is 0 Å². The maximum absolute atomic E-state index is 9.26. The van der Waals surface area contributed by atoms with Crippen molar-refractivity contribution in [2.24, 2.45) is 0 Å². The van der Waals surface area contributed by atoms with Gasteiger partial charge in [0.15, 0.2) is 0 Å². The Bertz CT molecular complexity index is 195. The van der Waals surface area contributed by atoms with Crippen molar-refractivity contribution in [2.75, 3.05) is 40.4 Å². The van der Waals surface area contributed by atoms with Gasteiger partial charge in [-0.25, -0.2) is 0 Å². The van der Waals surface area contributed by atoms with Crippen LogP contribution in [0.4, 0.5) is 0 Å². The van der Waals surface area contributed by atoms with Gasteiger partial charge in [-0.15, -0.1) is 0 Å². The average Bonchev–Trinajstić information content (AvgIpc) is 2.77. The Kier molecular flexibility index (Phi) is 5.69. The highest BCUT2D eigenvalue weighted by molar-refractivity contribution is 4.82. The van der Waals surface area contributed by atoms with E-state index in [1.54, 1.807) is 7.11 Å². The van der Waals surface area contributed by atoms with Gasteiger partial charge in [0.1, 0.15) is 0 Å². The van der Waals surface area contributed by atoms with Crippen molar-refractivity contribution in [3.05, 3.63) is 0 Å². The van der Waals surface area contributed by atoms with E-state index in [1.807, 2.05) is 7.05 Å². The lowest BCUT2D eigenvalue weighted by molar-refractivity contribution is 0.107. The molecule has 1 rings (SSSR count). The third-order valence-corrected chi connectivity index (χ3v) is 3.72. The second kappa shape index (κ2) is 6.55. The first kappa shape index (κ1) is 13.9. The molecule has 0 spiro atoms. The third kappa shape index (κ3) is 4.01. The van der Waals surface area contributed by atoms with Crippen molar-refractivity contribution in [3.8, 4) is 0 Å². The van der Waals surface area contributed by atoms with Gasteiger partial charge in [-0.05, 0) is 39.8 Å². The lowest BCUT2D eigenvalue weighted by Gasteiger charge is -2.27. The molecule has 1 heterocycles. The number of aliphatic hydroxyl groups excluding tert-OH is 1. The number of aliphatic hydroxyl groups is 1. The summed E-state index contributed by atoms with van der Waals surface area (Å²) < 4.78 is 5.34. The number of ether oxygens (including phenoxy) is 1. The van der Waals surface area contributed by atoms with Crippen molar-refractivity contribution in [2.45, 2.75) is 37.8 Å². The van der Waals surface area contributed by atoms with Crippen molar-refractivity contribution < 1.29 is 9.84 Å². The second-order valence-electron chi connectivity index (χ2n) is 5.02. The number of methoxy groups -OCH3 is 1. The zero-order valence-corrected chi connectivity index (χ0v) is 10.8. The fraction of sp³-hybridized carbons (Fsp3) is 1.00. The van der Waals surface area contributed by atoms with Crippen LogP contribution in [0.1, 0.15) is 26.2 Å². The summed E-state index contributed by atoms with van der Waals surface area (Å²) in [6.45, 7) is 5.58. The van der Waals surface area contributed by atoms with Crippen LogP contribution in [0, 0.1) is 0 Å². The van der Waals surface area contributed by atoms with E-state index in [0.717, 1.165) is 38.9 Å². The van der Waals surface area contributed by atoms with Gasteiger partial charge in [0.05, 0.1) is 12.7 Å². The first-order chi connectivity index (χ1) is 7.63. The maximum atomic E-state index is 9.26. The summed E-state index contributed by atoms with van der Waals surface area (Å²) in [4.78, 5) is 2.45. The summed E-state index contributed by atoms with van der Waals surface area (Å²) in [7, 11) is 3.70. The molecule has 1 fully saturated rings. The molecule has 16 heavy (non-hydrogen) atoms. The minimum absolute atomic E-state index is 0.125. The summed E-state index contributed by atoms with van der Waals surface area (Å²) in [6, 6.07) is 0. The largest absolute Gasteiger partial charge is 0.394 e. The average molecular weight is 230 g/mol. The zero-order chi connectivity index (χ0) is 12.0. The maximum Gasteiger partial charge on any atom is 0.0710 e. The van der Waals surface area contributed by atoms with Gasteiger partial charge in [0.25, 0.3) is 0 Å². The van der Waals surface area contributed by atoms with Crippen LogP contribution in [0.3, 0.4) is 0 Å². The van der Waals surface area contributed by atoms with Crippen LogP contribution in [-0.4, -0.2) is 62.0 Å². The molecule has 1 aliphatic heterocycles. The highest BCUT2D eigenvalue weighted by Gasteiger charge is 2.24. The molecule has 0 radical (unpaired) electrons. The molecule has 1 saturated heterocycles. The van der Waals surface area contributed by atoms with E-state index < -0.39 is 0 Å². The summed E-state index contributed by atoms with van der Waals surface area (Å²) in [5, 5.41) is 12.4. The van der Waals surface area contributed by atoms with E-state index >= 15 is 0 Å². The van der Waals surface area contributed by atoms with E-state index in [0.29, 0.717) is 6.10 Å². The number of hydrogen-bond acceptors (Lipinski definition) is 4. The van der Waals surface area contributed by atoms with Crippen LogP contribution in [0.15, 0.2) is 0 Å². The highest BCUT2D eigenvalue weighted by atomic mass is 16.5. The van der Waals surface area contributed by atoms with Gasteiger partial charge >= 0.3 is 0 Å². The molecular formula is C12H26N2O2. The van der Waals surface area contributed by atoms with Crippen molar-refractivity contribution in [3.63, 3.8) is 0 Å². The number of likely N-dealkylation sites (N-methyl/N-ethyl adjacent to an activating group) is 1. The molecule has 96 valence electrons. The first-order valence-corrected chi connectivity index (χ1v) is 6.18. The van der Waals surface area contributed by atoms with Gasteiger partial charge in [-0.2, -0.15) is 0 Å². The lowest BCUT2D eigenvalue weighted by atomic mass is 9.97. The standard InChI is InChI=1S/C12H26N2O2/c1-12(10-15,13-2)6-4-7-14-8-5-11(9-14)16-3/h11,13,15H,4-10H2,1-3H3. The topological polar surface area (TPSA) is 44.7 Å². The summed E-state index contributed by atoms with van der Waals surface area (Å²) in [5.74, 6) is 0. The van der Waals surface area contributed by atoms with Crippen LogP contribution in [-0.2, 0) is 4.74 Å². The molecule has 0 aromatic carbocycles. The molecule has 4 heteroatoms. The van der Waals surface area contributed by atoms with Crippen LogP contribution < -0.4 is 5.32 Å². The van der Waals surface area contributed by atoms with Crippen molar-refractivity contribution in [1.82, 2.24) is 10.2 Å². The molecular weight excluding hydrogens is 204 g/mol. The quantitative estimate of drug-likeness (QED) is 0.667. The highest BCUT2D eigenvalue weighted by Crippen LogP contribution is 2.15. The Morgan fingerprint density at radius 3 is 2.81 bits per heavy atom. The molecule has 0 aliphatic carbocycles. The minimum atomic E-state index is -0.125. The lowest BCUT2D eigenvalue weighted by Crippen LogP contribution is -2.43. The molecule has 2 N–H and O–H groups in total. The SMILES string of the molecule is CNC(C)(CO)CCCN1CCC(OC)C1. The zero-order valence-electron chi connectivity index (χ0n) is 10.8. The number of nitrogens with one attached hydrogen (secondary N) is 1. The molecule has 0 aromatic heterocycles. The molecule has 1 aliphatic rings. The Morgan fingerprint density at radius 1 is 1.56 bits per heavy atom. The normalized spacial score (nSPS) is 25.9. The summed E-state index contributed by atoms with van der Waals surface area (Å²) in [5.41, 5.74) is -0.125. The number of nitrogens with zero attached hydrogens (tertiary/aromatic N) is 1. The Labute approximate surface area is 99.0 Å². The molecule has 4 nitrogen and oxygen atoms in total. The summed E-state index contributed by atoms with van der Waals surface area (Å²) in [6.07, 6.45) is 3.70. The first-order valence-electron chi connectivity index (χ1n) is 6.18. The van der Waals surface area contributed by atoms with Gasteiger partial charge < -0.3 is 20.1 Å². The Hall–Kier alpha value is -0.160. The van der Waals surface area contributed by atoms with Crippen LogP contribution >= 0.6 is 0 Å². The predicted molar refractivity (Wildman–Crippen MR) is 65.6 cm³/mol.